The van der Waals surface area contributed by atoms with E-state index in [1.807, 2.05) is 0 Å². The SMILES string of the molecule is C=CCOc1ccc2ccccc2c1CNC1CCCCC1. The first-order chi connectivity index (χ1) is 10.9. The maximum atomic E-state index is 5.88. The summed E-state index contributed by atoms with van der Waals surface area (Å²) in [6, 6.07) is 13.4. The Kier molecular flexibility index (Phi) is 5.12. The van der Waals surface area contributed by atoms with E-state index in [-0.39, 0.29) is 0 Å². The Morgan fingerprint density at radius 3 is 2.73 bits per heavy atom. The predicted octanol–water partition coefficient (Wildman–Crippen LogP) is 4.83. The Morgan fingerprint density at radius 1 is 1.09 bits per heavy atom. The van der Waals surface area contributed by atoms with Gasteiger partial charge in [0.05, 0.1) is 0 Å². The molecule has 1 aliphatic carbocycles. The van der Waals surface area contributed by atoms with Gasteiger partial charge >= 0.3 is 0 Å². The zero-order valence-corrected chi connectivity index (χ0v) is 13.2. The lowest BCUT2D eigenvalue weighted by atomic mass is 9.95. The van der Waals surface area contributed by atoms with E-state index in [1.54, 1.807) is 6.08 Å². The molecular formula is C20H25NO. The molecule has 22 heavy (non-hydrogen) atoms. The molecule has 116 valence electrons. The normalized spacial score (nSPS) is 15.8. The molecule has 2 aromatic carbocycles. The van der Waals surface area contributed by atoms with Crippen LogP contribution in [-0.2, 0) is 6.54 Å². The fraction of sp³-hybridized carbons (Fsp3) is 0.400. The summed E-state index contributed by atoms with van der Waals surface area (Å²) >= 11 is 0. The average Bonchev–Trinajstić information content (AvgIpc) is 2.59. The molecule has 0 bridgehead atoms. The maximum absolute atomic E-state index is 5.88. The van der Waals surface area contributed by atoms with E-state index < -0.39 is 0 Å². The summed E-state index contributed by atoms with van der Waals surface area (Å²) < 4.78 is 5.88. The second-order valence-corrected chi connectivity index (χ2v) is 6.08. The van der Waals surface area contributed by atoms with Gasteiger partial charge < -0.3 is 10.1 Å². The van der Waals surface area contributed by atoms with Crippen LogP contribution in [-0.4, -0.2) is 12.6 Å². The van der Waals surface area contributed by atoms with E-state index in [9.17, 15) is 0 Å². The van der Waals surface area contributed by atoms with E-state index in [0.29, 0.717) is 12.6 Å². The summed E-state index contributed by atoms with van der Waals surface area (Å²) in [4.78, 5) is 0. The summed E-state index contributed by atoms with van der Waals surface area (Å²) in [5.41, 5.74) is 1.27. The monoisotopic (exact) mass is 295 g/mol. The standard InChI is InChI=1S/C20H25NO/c1-2-14-22-20-13-12-16-8-6-7-11-18(16)19(20)15-21-17-9-4-3-5-10-17/h2,6-8,11-13,17,21H,1,3-5,9-10,14-15H2. The third-order valence-corrected chi connectivity index (χ3v) is 4.53. The molecule has 0 heterocycles. The lowest BCUT2D eigenvalue weighted by molar-refractivity contribution is 0.348. The van der Waals surface area contributed by atoms with Gasteiger partial charge in [-0.2, -0.15) is 0 Å². The number of hydrogen-bond donors (Lipinski definition) is 1. The van der Waals surface area contributed by atoms with Crippen molar-refractivity contribution >= 4 is 10.8 Å². The first-order valence-electron chi connectivity index (χ1n) is 8.36. The Balaban J connectivity index is 1.84. The Morgan fingerprint density at radius 2 is 1.91 bits per heavy atom. The summed E-state index contributed by atoms with van der Waals surface area (Å²) in [7, 11) is 0. The minimum Gasteiger partial charge on any atom is -0.489 e. The zero-order valence-electron chi connectivity index (χ0n) is 13.2. The largest absolute Gasteiger partial charge is 0.489 e. The van der Waals surface area contributed by atoms with Crippen molar-refractivity contribution in [3.8, 4) is 5.75 Å². The number of fused-ring (bicyclic) bond motifs is 1. The molecule has 0 aliphatic heterocycles. The van der Waals surface area contributed by atoms with Crippen molar-refractivity contribution in [3.63, 3.8) is 0 Å². The van der Waals surface area contributed by atoms with Crippen molar-refractivity contribution in [3.05, 3.63) is 54.6 Å². The van der Waals surface area contributed by atoms with Gasteiger partial charge in [-0.05, 0) is 29.7 Å². The topological polar surface area (TPSA) is 21.3 Å². The van der Waals surface area contributed by atoms with Gasteiger partial charge in [-0.3, -0.25) is 0 Å². The first-order valence-corrected chi connectivity index (χ1v) is 8.36. The van der Waals surface area contributed by atoms with Crippen LogP contribution >= 0.6 is 0 Å². The fourth-order valence-electron chi connectivity index (χ4n) is 3.34. The van der Waals surface area contributed by atoms with Gasteiger partial charge in [0, 0.05) is 18.2 Å². The first kappa shape index (κ1) is 15.1. The molecule has 2 aromatic rings. The molecule has 0 unspecified atom stereocenters. The quantitative estimate of drug-likeness (QED) is 0.771. The van der Waals surface area contributed by atoms with Crippen LogP contribution in [0.1, 0.15) is 37.7 Å². The minimum absolute atomic E-state index is 0.550. The lowest BCUT2D eigenvalue weighted by Gasteiger charge is -2.24. The molecule has 0 amide bonds. The van der Waals surface area contributed by atoms with E-state index in [0.717, 1.165) is 12.3 Å². The molecular weight excluding hydrogens is 270 g/mol. The highest BCUT2D eigenvalue weighted by atomic mass is 16.5. The van der Waals surface area contributed by atoms with Crippen LogP contribution in [0.2, 0.25) is 0 Å². The van der Waals surface area contributed by atoms with E-state index in [4.69, 9.17) is 4.74 Å². The van der Waals surface area contributed by atoms with Gasteiger partial charge in [-0.25, -0.2) is 0 Å². The van der Waals surface area contributed by atoms with Gasteiger partial charge in [-0.1, -0.05) is 62.2 Å². The fourth-order valence-corrected chi connectivity index (χ4v) is 3.34. The second kappa shape index (κ2) is 7.46. The number of rotatable bonds is 6. The molecule has 0 atom stereocenters. The molecule has 0 saturated heterocycles. The summed E-state index contributed by atoms with van der Waals surface area (Å²) in [5.74, 6) is 0.974. The molecule has 0 spiro atoms. The van der Waals surface area contributed by atoms with Crippen molar-refractivity contribution in [2.45, 2.75) is 44.7 Å². The van der Waals surface area contributed by atoms with Crippen LogP contribution in [0, 0.1) is 0 Å². The molecule has 0 aromatic heterocycles. The minimum atomic E-state index is 0.550. The zero-order chi connectivity index (χ0) is 15.2. The van der Waals surface area contributed by atoms with Crippen LogP contribution in [0.5, 0.6) is 5.75 Å². The number of hydrogen-bond acceptors (Lipinski definition) is 2. The van der Waals surface area contributed by atoms with Gasteiger partial charge in [0.2, 0.25) is 0 Å². The van der Waals surface area contributed by atoms with Gasteiger partial charge in [0.25, 0.3) is 0 Å². The van der Waals surface area contributed by atoms with Gasteiger partial charge in [0.1, 0.15) is 12.4 Å². The molecule has 3 rings (SSSR count). The Labute approximate surface area is 133 Å². The highest BCUT2D eigenvalue weighted by Gasteiger charge is 2.15. The van der Waals surface area contributed by atoms with Crippen molar-refractivity contribution in [2.24, 2.45) is 0 Å². The van der Waals surface area contributed by atoms with E-state index in [1.165, 1.54) is 48.4 Å². The molecule has 1 saturated carbocycles. The van der Waals surface area contributed by atoms with Gasteiger partial charge in [0.15, 0.2) is 0 Å². The highest BCUT2D eigenvalue weighted by molar-refractivity contribution is 5.87. The molecule has 1 aliphatic rings. The molecule has 2 nitrogen and oxygen atoms in total. The van der Waals surface area contributed by atoms with E-state index >= 15 is 0 Å². The van der Waals surface area contributed by atoms with Crippen LogP contribution in [0.4, 0.5) is 0 Å². The summed E-state index contributed by atoms with van der Waals surface area (Å²) in [6.45, 7) is 5.17. The van der Waals surface area contributed by atoms with Crippen molar-refractivity contribution in [2.75, 3.05) is 6.61 Å². The van der Waals surface area contributed by atoms with Crippen LogP contribution < -0.4 is 10.1 Å². The van der Waals surface area contributed by atoms with Crippen molar-refractivity contribution in [1.29, 1.82) is 0 Å². The Hall–Kier alpha value is -1.80. The second-order valence-electron chi connectivity index (χ2n) is 6.08. The van der Waals surface area contributed by atoms with Crippen LogP contribution in [0.3, 0.4) is 0 Å². The van der Waals surface area contributed by atoms with Crippen LogP contribution in [0.25, 0.3) is 10.8 Å². The van der Waals surface area contributed by atoms with Gasteiger partial charge in [-0.15, -0.1) is 0 Å². The summed E-state index contributed by atoms with van der Waals surface area (Å²) in [6.07, 6.45) is 8.49. The molecule has 0 radical (unpaired) electrons. The van der Waals surface area contributed by atoms with Crippen LogP contribution in [0.15, 0.2) is 49.1 Å². The number of ether oxygens (including phenoxy) is 1. The molecule has 1 fully saturated rings. The average molecular weight is 295 g/mol. The predicted molar refractivity (Wildman–Crippen MR) is 93.4 cm³/mol. The Bertz CT molecular complexity index is 629. The molecule has 2 heteroatoms. The summed E-state index contributed by atoms with van der Waals surface area (Å²) in [5, 5.41) is 6.30. The maximum Gasteiger partial charge on any atom is 0.124 e. The number of benzene rings is 2. The van der Waals surface area contributed by atoms with E-state index in [2.05, 4.69) is 48.3 Å². The third kappa shape index (κ3) is 3.50. The highest BCUT2D eigenvalue weighted by Crippen LogP contribution is 2.29. The molecule has 1 N–H and O–H groups in total. The number of nitrogens with one attached hydrogen (secondary N) is 1. The van der Waals surface area contributed by atoms with Crippen molar-refractivity contribution in [1.82, 2.24) is 5.32 Å². The third-order valence-electron chi connectivity index (χ3n) is 4.53. The smallest absolute Gasteiger partial charge is 0.124 e. The lowest BCUT2D eigenvalue weighted by Crippen LogP contribution is -2.30. The van der Waals surface area contributed by atoms with Crippen molar-refractivity contribution < 1.29 is 4.74 Å².